The molecule has 0 saturated heterocycles. The summed E-state index contributed by atoms with van der Waals surface area (Å²) in [5.41, 5.74) is -6.27. The molecule has 0 saturated carbocycles. The summed E-state index contributed by atoms with van der Waals surface area (Å²) < 4.78 is 108. The van der Waals surface area contributed by atoms with Crippen molar-refractivity contribution >= 4 is 5.97 Å². The maximum atomic E-state index is 12.0. The minimum Gasteiger partial charge on any atom is -0.481 e. The highest BCUT2D eigenvalue weighted by Crippen LogP contribution is 2.61. The number of carboxylic acid groups (broad SMARTS) is 1. The van der Waals surface area contributed by atoms with Crippen molar-refractivity contribution in [3.05, 3.63) is 0 Å². The Hall–Kier alpha value is -1.16. The molecular weight excluding hydrogens is 275 g/mol. The summed E-state index contributed by atoms with van der Waals surface area (Å²) >= 11 is 0. The highest BCUT2D eigenvalue weighted by atomic mass is 19.4. The molecule has 0 rings (SSSR count). The zero-order chi connectivity index (χ0) is 14.3. The van der Waals surface area contributed by atoms with E-state index in [1.165, 1.54) is 0 Å². The molecule has 0 fully saturated rings. The van der Waals surface area contributed by atoms with E-state index in [1.807, 2.05) is 0 Å². The number of hydrogen-bond donors (Lipinski definition) is 1. The van der Waals surface area contributed by atoms with Gasteiger partial charge < -0.3 is 5.11 Å². The van der Waals surface area contributed by atoms with Crippen LogP contribution in [0.15, 0.2) is 0 Å². The van der Waals surface area contributed by atoms with E-state index in [0.717, 1.165) is 0 Å². The molecule has 17 heavy (non-hydrogen) atoms. The summed E-state index contributed by atoms with van der Waals surface area (Å²) in [6.07, 6.45) is -23.6. The lowest BCUT2D eigenvalue weighted by molar-refractivity contribution is -0.426. The van der Waals surface area contributed by atoms with Gasteiger partial charge in [0.15, 0.2) is 0 Å². The minimum absolute atomic E-state index is 2.86. The van der Waals surface area contributed by atoms with Gasteiger partial charge in [-0.05, 0) is 0 Å². The summed E-state index contributed by atoms with van der Waals surface area (Å²) in [6.45, 7) is 0. The van der Waals surface area contributed by atoms with Gasteiger partial charge in [-0.1, -0.05) is 0 Å². The molecule has 0 spiro atoms. The number of carboxylic acids is 1. The van der Waals surface area contributed by atoms with Crippen LogP contribution in [0.1, 0.15) is 6.42 Å². The third-order valence-electron chi connectivity index (χ3n) is 1.87. The smallest absolute Gasteiger partial charge is 0.412 e. The zero-order valence-electron chi connectivity index (χ0n) is 7.46. The second kappa shape index (κ2) is 3.95. The second-order valence-corrected chi connectivity index (χ2v) is 2.97. The molecule has 0 aliphatic rings. The zero-order valence-corrected chi connectivity index (χ0v) is 7.46. The lowest BCUT2D eigenvalue weighted by Crippen LogP contribution is -2.60. The third-order valence-corrected chi connectivity index (χ3v) is 1.87. The van der Waals surface area contributed by atoms with Gasteiger partial charge in [0, 0.05) is 0 Å². The maximum absolute atomic E-state index is 12.0. The van der Waals surface area contributed by atoms with Gasteiger partial charge in [-0.3, -0.25) is 4.79 Å². The topological polar surface area (TPSA) is 37.3 Å². The Bertz CT molecular complexity index is 260. The van der Waals surface area contributed by atoms with Gasteiger partial charge >= 0.3 is 24.5 Å². The second-order valence-electron chi connectivity index (χ2n) is 2.97. The third kappa shape index (κ3) is 2.57. The van der Waals surface area contributed by atoms with E-state index in [1.54, 1.807) is 0 Å². The van der Waals surface area contributed by atoms with E-state index in [0.29, 0.717) is 0 Å². The van der Waals surface area contributed by atoms with E-state index in [4.69, 9.17) is 5.11 Å². The van der Waals surface area contributed by atoms with Crippen LogP contribution in [0, 0.1) is 5.41 Å². The van der Waals surface area contributed by atoms with Crippen molar-refractivity contribution in [1.29, 1.82) is 0 Å². The van der Waals surface area contributed by atoms with Crippen molar-refractivity contribution in [2.75, 3.05) is 0 Å². The van der Waals surface area contributed by atoms with E-state index < -0.39 is 36.3 Å². The van der Waals surface area contributed by atoms with Gasteiger partial charge in [-0.2, -0.15) is 39.5 Å². The lowest BCUT2D eigenvalue weighted by atomic mass is 9.82. The fourth-order valence-electron chi connectivity index (χ4n) is 1.01. The summed E-state index contributed by atoms with van der Waals surface area (Å²) in [7, 11) is 0. The molecule has 0 aliphatic heterocycles. The Kier molecular flexibility index (Phi) is 3.68. The van der Waals surface area contributed by atoms with Crippen molar-refractivity contribution in [2.45, 2.75) is 24.9 Å². The van der Waals surface area contributed by atoms with E-state index in [9.17, 15) is 44.3 Å². The predicted octanol–water partition coefficient (Wildman–Crippen LogP) is 3.13. The SMILES string of the molecule is O=C(O)CC(C(F)(F)F)(C(F)(F)F)C(F)(F)F. The molecule has 0 aliphatic carbocycles. The molecule has 2 nitrogen and oxygen atoms in total. The van der Waals surface area contributed by atoms with Crippen molar-refractivity contribution in [2.24, 2.45) is 5.41 Å². The van der Waals surface area contributed by atoms with Crippen molar-refractivity contribution in [1.82, 2.24) is 0 Å². The van der Waals surface area contributed by atoms with Crippen LogP contribution in [0.3, 0.4) is 0 Å². The molecule has 0 unspecified atom stereocenters. The molecule has 0 atom stereocenters. The number of hydrogen-bond acceptors (Lipinski definition) is 1. The lowest BCUT2D eigenvalue weighted by Gasteiger charge is -2.37. The predicted molar refractivity (Wildman–Crippen MR) is 32.9 cm³/mol. The van der Waals surface area contributed by atoms with Gasteiger partial charge in [0.25, 0.3) is 5.41 Å². The van der Waals surface area contributed by atoms with Crippen LogP contribution in [0.25, 0.3) is 0 Å². The van der Waals surface area contributed by atoms with E-state index >= 15 is 0 Å². The fourth-order valence-corrected chi connectivity index (χ4v) is 1.01. The Morgan fingerprint density at radius 3 is 1.06 bits per heavy atom. The van der Waals surface area contributed by atoms with Crippen LogP contribution in [-0.4, -0.2) is 29.6 Å². The van der Waals surface area contributed by atoms with E-state index in [-0.39, 0.29) is 0 Å². The van der Waals surface area contributed by atoms with Gasteiger partial charge in [0.05, 0.1) is 6.42 Å². The largest absolute Gasteiger partial charge is 0.481 e. The van der Waals surface area contributed by atoms with Crippen LogP contribution in [0.2, 0.25) is 0 Å². The molecule has 0 heterocycles. The number of alkyl halides is 9. The van der Waals surface area contributed by atoms with Gasteiger partial charge in [-0.25, -0.2) is 0 Å². The molecule has 0 amide bonds. The van der Waals surface area contributed by atoms with Crippen molar-refractivity contribution in [3.63, 3.8) is 0 Å². The molecule has 0 aromatic rings. The molecule has 0 bridgehead atoms. The highest BCUT2D eigenvalue weighted by Gasteiger charge is 2.84. The molecule has 11 heteroatoms. The maximum Gasteiger partial charge on any atom is 0.412 e. The fraction of sp³-hybridized carbons (Fsp3) is 0.833. The normalized spacial score (nSPS) is 14.9. The molecule has 102 valence electrons. The Morgan fingerprint density at radius 2 is 1.00 bits per heavy atom. The summed E-state index contributed by atoms with van der Waals surface area (Å²) in [5.74, 6) is -2.86. The van der Waals surface area contributed by atoms with Crippen LogP contribution in [0.5, 0.6) is 0 Å². The standard InChI is InChI=1S/C6H3F9O2/c7-4(8,9)3(1-2(16)17,5(10,11)12)6(13,14)15/h1H2,(H,16,17). The Morgan fingerprint density at radius 1 is 0.765 bits per heavy atom. The molecule has 0 radical (unpaired) electrons. The summed E-state index contributed by atoms with van der Waals surface area (Å²) in [4.78, 5) is 9.85. The Balaban J connectivity index is 6.02. The quantitative estimate of drug-likeness (QED) is 0.788. The van der Waals surface area contributed by atoms with Crippen LogP contribution in [-0.2, 0) is 4.79 Å². The summed E-state index contributed by atoms with van der Waals surface area (Å²) in [6, 6.07) is 0. The molecule has 1 N–H and O–H groups in total. The number of rotatable bonds is 2. The average molecular weight is 278 g/mol. The van der Waals surface area contributed by atoms with Gasteiger partial charge in [0.2, 0.25) is 0 Å². The van der Waals surface area contributed by atoms with Gasteiger partial charge in [-0.15, -0.1) is 0 Å². The van der Waals surface area contributed by atoms with Crippen LogP contribution < -0.4 is 0 Å². The number of halogens is 9. The molecule has 0 aromatic heterocycles. The first-order chi connectivity index (χ1) is 7.17. The molecular formula is C6H3F9O2. The minimum atomic E-state index is -6.82. The number of aliphatic carboxylic acids is 1. The van der Waals surface area contributed by atoms with Gasteiger partial charge in [0.1, 0.15) is 0 Å². The van der Waals surface area contributed by atoms with E-state index in [2.05, 4.69) is 0 Å². The average Bonchev–Trinajstić information content (AvgIpc) is 1.91. The monoisotopic (exact) mass is 278 g/mol. The van der Waals surface area contributed by atoms with Crippen molar-refractivity contribution in [3.8, 4) is 0 Å². The Labute approximate surface area is 87.0 Å². The number of carbonyl (C=O) groups is 1. The first-order valence-electron chi connectivity index (χ1n) is 3.59. The van der Waals surface area contributed by atoms with Crippen molar-refractivity contribution < 1.29 is 49.4 Å². The van der Waals surface area contributed by atoms with Crippen LogP contribution in [0.4, 0.5) is 39.5 Å². The molecule has 0 aromatic carbocycles. The highest BCUT2D eigenvalue weighted by molar-refractivity contribution is 5.68. The first kappa shape index (κ1) is 15.8. The summed E-state index contributed by atoms with van der Waals surface area (Å²) in [5, 5.41) is 7.84. The van der Waals surface area contributed by atoms with Crippen LogP contribution >= 0.6 is 0 Å². The first-order valence-corrected chi connectivity index (χ1v) is 3.59.